The third-order valence-corrected chi connectivity index (χ3v) is 7.05. The predicted octanol–water partition coefficient (Wildman–Crippen LogP) is 5.02. The summed E-state index contributed by atoms with van der Waals surface area (Å²) >= 11 is 7.19. The van der Waals surface area contributed by atoms with Crippen LogP contribution >= 0.6 is 23.4 Å². The highest BCUT2D eigenvalue weighted by Crippen LogP contribution is 2.39. The molecule has 0 unspecified atom stereocenters. The lowest BCUT2D eigenvalue weighted by Gasteiger charge is -2.32. The summed E-state index contributed by atoms with van der Waals surface area (Å²) in [5, 5.41) is 3.13. The fraction of sp³-hybridized carbons (Fsp3) is 0.391. The number of nitrogens with two attached hydrogens (primary N) is 2. The topological polar surface area (TPSA) is 98.2 Å². The zero-order valence-electron chi connectivity index (χ0n) is 17.1. The Kier molecular flexibility index (Phi) is 7.45. The van der Waals surface area contributed by atoms with Crippen LogP contribution in [0.15, 0.2) is 47.4 Å². The van der Waals surface area contributed by atoms with Gasteiger partial charge in [0.2, 0.25) is 11.0 Å². The number of nitrogens with one attached hydrogen (secondary N) is 1. The summed E-state index contributed by atoms with van der Waals surface area (Å²) in [5.41, 5.74) is 13.5. The number of hydrogen-bond acceptors (Lipinski definition) is 5. The van der Waals surface area contributed by atoms with E-state index in [0.717, 1.165) is 49.4 Å². The molecule has 3 rings (SSSR count). The van der Waals surface area contributed by atoms with Gasteiger partial charge in [-0.2, -0.15) is 0 Å². The summed E-state index contributed by atoms with van der Waals surface area (Å²) in [4.78, 5) is 26.3. The second-order valence-electron chi connectivity index (χ2n) is 8.16. The number of halogens is 1. The van der Waals surface area contributed by atoms with Gasteiger partial charge in [-0.05, 0) is 48.7 Å². The van der Waals surface area contributed by atoms with Crippen molar-refractivity contribution in [1.82, 2.24) is 0 Å². The van der Waals surface area contributed by atoms with Crippen LogP contribution in [0.4, 0.5) is 11.4 Å². The van der Waals surface area contributed by atoms with E-state index in [4.69, 9.17) is 23.1 Å². The zero-order valence-corrected chi connectivity index (χ0v) is 18.7. The minimum absolute atomic E-state index is 0.0501. The molecule has 5 nitrogen and oxygen atoms in total. The van der Waals surface area contributed by atoms with Gasteiger partial charge in [0.05, 0.1) is 22.4 Å². The molecule has 5 N–H and O–H groups in total. The normalized spacial score (nSPS) is 16.6. The van der Waals surface area contributed by atoms with Crippen LogP contribution in [0.5, 0.6) is 0 Å². The Labute approximate surface area is 186 Å². The third-order valence-electron chi connectivity index (χ3n) is 5.66. The minimum Gasteiger partial charge on any atom is -0.397 e. The maximum absolute atomic E-state index is 13.0. The Hall–Kier alpha value is -2.02. The van der Waals surface area contributed by atoms with Gasteiger partial charge in [0, 0.05) is 10.3 Å². The molecular formula is C23H28ClN3O2S. The van der Waals surface area contributed by atoms with Crippen molar-refractivity contribution in [2.75, 3.05) is 11.1 Å². The van der Waals surface area contributed by atoms with Crippen LogP contribution in [0.3, 0.4) is 0 Å². The summed E-state index contributed by atoms with van der Waals surface area (Å²) in [5.74, 6) is -0.0501. The first kappa shape index (κ1) is 22.7. The summed E-state index contributed by atoms with van der Waals surface area (Å²) in [7, 11) is 0. The summed E-state index contributed by atoms with van der Waals surface area (Å²) in [6.45, 7) is 1.99. The van der Waals surface area contributed by atoms with Crippen LogP contribution in [0.2, 0.25) is 5.02 Å². The van der Waals surface area contributed by atoms with Gasteiger partial charge in [-0.25, -0.2) is 0 Å². The van der Waals surface area contributed by atoms with E-state index in [0.29, 0.717) is 27.7 Å². The molecule has 30 heavy (non-hydrogen) atoms. The summed E-state index contributed by atoms with van der Waals surface area (Å²) in [6, 6.07) is 12.2. The molecule has 2 aromatic rings. The molecule has 1 fully saturated rings. The van der Waals surface area contributed by atoms with Crippen LogP contribution in [-0.4, -0.2) is 17.1 Å². The van der Waals surface area contributed by atoms with Gasteiger partial charge in [0.15, 0.2) is 0 Å². The Balaban J connectivity index is 1.76. The number of anilines is 2. The molecule has 1 aliphatic carbocycles. The van der Waals surface area contributed by atoms with Crippen molar-refractivity contribution in [3.8, 4) is 0 Å². The second kappa shape index (κ2) is 9.86. The van der Waals surface area contributed by atoms with Crippen LogP contribution in [0.1, 0.15) is 44.6 Å². The molecule has 1 saturated carbocycles. The molecular weight excluding hydrogens is 418 g/mol. The predicted molar refractivity (Wildman–Crippen MR) is 125 cm³/mol. The van der Waals surface area contributed by atoms with Gasteiger partial charge in [-0.15, -0.1) is 0 Å². The standard InChI is InChI=1S/C23H28ClN3O2S/c1-23(10-6-3-7-11-23)22(29)27-19-13-16(24)17(25)14-20(19)30-21(28)18(26)12-15-8-4-2-5-9-15/h2,4-5,8-9,13-14,18H,3,6-7,10-12,25-26H2,1H3,(H,27,29)/t18-/m0/s1. The van der Waals surface area contributed by atoms with Gasteiger partial charge >= 0.3 is 0 Å². The summed E-state index contributed by atoms with van der Waals surface area (Å²) in [6.07, 6.45) is 5.39. The van der Waals surface area contributed by atoms with Crippen LogP contribution < -0.4 is 16.8 Å². The first-order valence-corrected chi connectivity index (χ1v) is 11.4. The first-order chi connectivity index (χ1) is 14.3. The van der Waals surface area contributed by atoms with Crippen molar-refractivity contribution in [2.24, 2.45) is 11.1 Å². The zero-order chi connectivity index (χ0) is 21.7. The maximum atomic E-state index is 13.0. The second-order valence-corrected chi connectivity index (χ2v) is 9.62. The molecule has 0 aliphatic heterocycles. The number of nitrogen functional groups attached to an aromatic ring is 1. The lowest BCUT2D eigenvalue weighted by molar-refractivity contribution is -0.126. The van der Waals surface area contributed by atoms with Crippen LogP contribution in [0, 0.1) is 5.41 Å². The van der Waals surface area contributed by atoms with Gasteiger partial charge in [-0.1, -0.05) is 68.1 Å². The molecule has 0 bridgehead atoms. The monoisotopic (exact) mass is 445 g/mol. The molecule has 0 aromatic heterocycles. The highest BCUT2D eigenvalue weighted by Gasteiger charge is 2.35. The van der Waals surface area contributed by atoms with E-state index >= 15 is 0 Å². The number of carbonyl (C=O) groups excluding carboxylic acids is 2. The quantitative estimate of drug-likeness (QED) is 0.428. The lowest BCUT2D eigenvalue weighted by atomic mass is 9.75. The minimum atomic E-state index is -0.672. The lowest BCUT2D eigenvalue weighted by Crippen LogP contribution is -2.35. The average Bonchev–Trinajstić information content (AvgIpc) is 2.72. The van der Waals surface area contributed by atoms with Gasteiger partial charge in [-0.3, -0.25) is 9.59 Å². The smallest absolute Gasteiger partial charge is 0.230 e. The van der Waals surface area contributed by atoms with Crippen molar-refractivity contribution >= 4 is 45.8 Å². The molecule has 160 valence electrons. The van der Waals surface area contributed by atoms with E-state index in [1.54, 1.807) is 12.1 Å². The SMILES string of the molecule is CC1(C(=O)Nc2cc(Cl)c(N)cc2SC(=O)[C@@H](N)Cc2ccccc2)CCCCC1. The van der Waals surface area contributed by atoms with Gasteiger partial charge < -0.3 is 16.8 Å². The summed E-state index contributed by atoms with van der Waals surface area (Å²) < 4.78 is 0. The molecule has 2 aromatic carbocycles. The van der Waals surface area contributed by atoms with E-state index < -0.39 is 11.5 Å². The number of amides is 1. The average molecular weight is 446 g/mol. The largest absolute Gasteiger partial charge is 0.397 e. The number of hydrogen-bond donors (Lipinski definition) is 3. The van der Waals surface area contributed by atoms with Crippen molar-refractivity contribution in [3.05, 3.63) is 53.1 Å². The Morgan fingerprint density at radius 2 is 1.83 bits per heavy atom. The molecule has 0 saturated heterocycles. The fourth-order valence-corrected chi connectivity index (χ4v) is 4.74. The van der Waals surface area contributed by atoms with Crippen LogP contribution in [-0.2, 0) is 16.0 Å². The highest BCUT2D eigenvalue weighted by molar-refractivity contribution is 8.14. The molecule has 1 atom stereocenters. The molecule has 0 spiro atoms. The molecule has 0 radical (unpaired) electrons. The van der Waals surface area contributed by atoms with E-state index in [2.05, 4.69) is 5.32 Å². The van der Waals surface area contributed by atoms with E-state index in [1.807, 2.05) is 37.3 Å². The van der Waals surface area contributed by atoms with Crippen molar-refractivity contribution < 1.29 is 9.59 Å². The fourth-order valence-electron chi connectivity index (χ4n) is 3.72. The van der Waals surface area contributed by atoms with E-state index in [9.17, 15) is 9.59 Å². The van der Waals surface area contributed by atoms with Crippen molar-refractivity contribution in [1.29, 1.82) is 0 Å². The Morgan fingerprint density at radius 1 is 1.17 bits per heavy atom. The third kappa shape index (κ3) is 5.56. The number of benzene rings is 2. The molecule has 7 heteroatoms. The Morgan fingerprint density at radius 3 is 2.50 bits per heavy atom. The van der Waals surface area contributed by atoms with Crippen LogP contribution in [0.25, 0.3) is 0 Å². The Bertz CT molecular complexity index is 914. The van der Waals surface area contributed by atoms with Crippen molar-refractivity contribution in [2.45, 2.75) is 56.4 Å². The molecule has 1 aliphatic rings. The van der Waals surface area contributed by atoms with E-state index in [-0.39, 0.29) is 11.0 Å². The van der Waals surface area contributed by atoms with Gasteiger partial charge in [0.25, 0.3) is 0 Å². The van der Waals surface area contributed by atoms with Crippen molar-refractivity contribution in [3.63, 3.8) is 0 Å². The number of thioether (sulfide) groups is 1. The van der Waals surface area contributed by atoms with E-state index in [1.165, 1.54) is 0 Å². The number of rotatable bonds is 6. The number of carbonyl (C=O) groups is 2. The molecule has 1 amide bonds. The maximum Gasteiger partial charge on any atom is 0.230 e. The van der Waals surface area contributed by atoms with Gasteiger partial charge in [0.1, 0.15) is 0 Å². The highest BCUT2D eigenvalue weighted by atomic mass is 35.5. The first-order valence-electron chi connectivity index (χ1n) is 10.2. The molecule has 0 heterocycles.